The molecule has 0 aliphatic carbocycles. The molecule has 4 rings (SSSR count). The molecule has 2 aromatic carbocycles. The van der Waals surface area contributed by atoms with Crippen LogP contribution in [0.25, 0.3) is 16.7 Å². The predicted octanol–water partition coefficient (Wildman–Crippen LogP) is 3.78. The molecule has 7 heteroatoms. The van der Waals surface area contributed by atoms with Crippen molar-refractivity contribution in [3.05, 3.63) is 72.5 Å². The number of rotatable bonds is 6. The molecule has 7 nitrogen and oxygen atoms in total. The SMILES string of the molecule is COc1ccc2c(CC(=O)N(C)C(C)c3ccc(-n4cncn4)cc3)coc2c1. The summed E-state index contributed by atoms with van der Waals surface area (Å²) in [6.07, 6.45) is 5.07. The molecular weight excluding hydrogens is 368 g/mol. The topological polar surface area (TPSA) is 73.4 Å². The van der Waals surface area contributed by atoms with Crippen molar-refractivity contribution in [1.29, 1.82) is 0 Å². The van der Waals surface area contributed by atoms with Gasteiger partial charge in [0, 0.05) is 24.1 Å². The standard InChI is InChI=1S/C22H22N4O3/c1-15(16-4-6-18(7-5-16)26-14-23-13-24-26)25(2)22(27)10-17-12-29-21-11-19(28-3)8-9-20(17)21/h4-9,11-15H,10H2,1-3H3. The number of likely N-dealkylation sites (N-methyl/N-ethyl adjacent to an activating group) is 1. The van der Waals surface area contributed by atoms with Crippen LogP contribution in [-0.2, 0) is 11.2 Å². The molecule has 0 bridgehead atoms. The molecule has 0 saturated heterocycles. The molecule has 0 saturated carbocycles. The lowest BCUT2D eigenvalue weighted by molar-refractivity contribution is -0.131. The highest BCUT2D eigenvalue weighted by molar-refractivity contribution is 5.88. The van der Waals surface area contributed by atoms with E-state index in [9.17, 15) is 4.79 Å². The molecule has 0 aliphatic heterocycles. The summed E-state index contributed by atoms with van der Waals surface area (Å²) in [6, 6.07) is 13.5. The molecule has 1 atom stereocenters. The summed E-state index contributed by atoms with van der Waals surface area (Å²) in [4.78, 5) is 18.6. The molecule has 1 unspecified atom stereocenters. The summed E-state index contributed by atoms with van der Waals surface area (Å²) < 4.78 is 12.5. The van der Waals surface area contributed by atoms with E-state index in [1.54, 1.807) is 29.3 Å². The third-order valence-electron chi connectivity index (χ3n) is 5.24. The summed E-state index contributed by atoms with van der Waals surface area (Å²) in [6.45, 7) is 2.01. The quantitative estimate of drug-likeness (QED) is 0.501. The third-order valence-corrected chi connectivity index (χ3v) is 5.24. The van der Waals surface area contributed by atoms with Crippen LogP contribution in [0.5, 0.6) is 5.75 Å². The molecule has 4 aromatic rings. The van der Waals surface area contributed by atoms with E-state index in [1.807, 2.05) is 56.4 Å². The Balaban J connectivity index is 1.47. The van der Waals surface area contributed by atoms with E-state index in [4.69, 9.17) is 9.15 Å². The van der Waals surface area contributed by atoms with Crippen molar-refractivity contribution in [2.24, 2.45) is 0 Å². The minimum atomic E-state index is -0.0643. The van der Waals surface area contributed by atoms with Gasteiger partial charge in [-0.1, -0.05) is 12.1 Å². The molecular formula is C22H22N4O3. The number of ether oxygens (including phenoxy) is 1. The number of methoxy groups -OCH3 is 1. The van der Waals surface area contributed by atoms with Crippen LogP contribution in [0.1, 0.15) is 24.1 Å². The minimum absolute atomic E-state index is 0.0244. The monoisotopic (exact) mass is 390 g/mol. The first kappa shape index (κ1) is 18.7. The molecule has 0 N–H and O–H groups in total. The van der Waals surface area contributed by atoms with Crippen molar-refractivity contribution in [3.8, 4) is 11.4 Å². The van der Waals surface area contributed by atoms with Gasteiger partial charge >= 0.3 is 0 Å². The highest BCUT2D eigenvalue weighted by Gasteiger charge is 2.20. The van der Waals surface area contributed by atoms with Gasteiger partial charge in [0.05, 0.1) is 31.5 Å². The summed E-state index contributed by atoms with van der Waals surface area (Å²) in [5, 5.41) is 5.05. The van der Waals surface area contributed by atoms with Crippen LogP contribution in [0.15, 0.2) is 65.8 Å². The second kappa shape index (κ2) is 7.79. The van der Waals surface area contributed by atoms with Gasteiger partial charge in [-0.15, -0.1) is 0 Å². The van der Waals surface area contributed by atoms with Gasteiger partial charge in [0.2, 0.25) is 5.91 Å². The van der Waals surface area contributed by atoms with Crippen LogP contribution in [0, 0.1) is 0 Å². The van der Waals surface area contributed by atoms with Crippen molar-refractivity contribution in [1.82, 2.24) is 19.7 Å². The predicted molar refractivity (Wildman–Crippen MR) is 109 cm³/mol. The highest BCUT2D eigenvalue weighted by atomic mass is 16.5. The first-order chi connectivity index (χ1) is 14.1. The van der Waals surface area contributed by atoms with Gasteiger partial charge < -0.3 is 14.1 Å². The van der Waals surface area contributed by atoms with Gasteiger partial charge in [0.25, 0.3) is 0 Å². The number of amides is 1. The zero-order chi connectivity index (χ0) is 20.4. The maximum absolute atomic E-state index is 12.9. The summed E-state index contributed by atoms with van der Waals surface area (Å²) >= 11 is 0. The van der Waals surface area contributed by atoms with Gasteiger partial charge in [-0.2, -0.15) is 5.10 Å². The van der Waals surface area contributed by atoms with Crippen molar-refractivity contribution in [2.45, 2.75) is 19.4 Å². The molecule has 1 amide bonds. The Labute approximate surface area is 168 Å². The Morgan fingerprint density at radius 1 is 1.24 bits per heavy atom. The molecule has 0 fully saturated rings. The molecule has 0 radical (unpaired) electrons. The lowest BCUT2D eigenvalue weighted by atomic mass is 10.1. The number of carbonyl (C=O) groups is 1. The van der Waals surface area contributed by atoms with E-state index in [2.05, 4.69) is 10.1 Å². The highest BCUT2D eigenvalue weighted by Crippen LogP contribution is 2.27. The number of hydrogen-bond donors (Lipinski definition) is 0. The fourth-order valence-corrected chi connectivity index (χ4v) is 3.30. The van der Waals surface area contributed by atoms with E-state index in [0.717, 1.165) is 28.0 Å². The van der Waals surface area contributed by atoms with Crippen molar-refractivity contribution >= 4 is 16.9 Å². The van der Waals surface area contributed by atoms with Gasteiger partial charge in [-0.05, 0) is 36.8 Å². The van der Waals surface area contributed by atoms with Gasteiger partial charge in [0.15, 0.2) is 0 Å². The van der Waals surface area contributed by atoms with E-state index in [0.29, 0.717) is 5.58 Å². The fourth-order valence-electron chi connectivity index (χ4n) is 3.30. The summed E-state index contributed by atoms with van der Waals surface area (Å²) in [7, 11) is 3.44. The molecule has 2 heterocycles. The normalized spacial score (nSPS) is 12.1. The maximum Gasteiger partial charge on any atom is 0.227 e. The van der Waals surface area contributed by atoms with E-state index < -0.39 is 0 Å². The summed E-state index contributed by atoms with van der Waals surface area (Å²) in [5.74, 6) is 0.751. The molecule has 29 heavy (non-hydrogen) atoms. The average molecular weight is 390 g/mol. The molecule has 148 valence electrons. The van der Waals surface area contributed by atoms with Crippen LogP contribution in [0.4, 0.5) is 0 Å². The third kappa shape index (κ3) is 3.71. The number of aromatic nitrogens is 3. The first-order valence-corrected chi connectivity index (χ1v) is 9.31. The number of furan rings is 1. The van der Waals surface area contributed by atoms with Crippen molar-refractivity contribution < 1.29 is 13.9 Å². The Bertz CT molecular complexity index is 1120. The van der Waals surface area contributed by atoms with Gasteiger partial charge in [0.1, 0.15) is 24.0 Å². The molecule has 2 aromatic heterocycles. The second-order valence-corrected chi connectivity index (χ2v) is 6.91. The minimum Gasteiger partial charge on any atom is -0.497 e. The Morgan fingerprint density at radius 2 is 2.03 bits per heavy atom. The van der Waals surface area contributed by atoms with E-state index >= 15 is 0 Å². The Hall–Kier alpha value is -3.61. The number of fused-ring (bicyclic) bond motifs is 1. The Kier molecular flexibility index (Phi) is 5.03. The Morgan fingerprint density at radius 3 is 2.72 bits per heavy atom. The van der Waals surface area contributed by atoms with Crippen molar-refractivity contribution in [3.63, 3.8) is 0 Å². The second-order valence-electron chi connectivity index (χ2n) is 6.91. The molecule has 0 spiro atoms. The smallest absolute Gasteiger partial charge is 0.227 e. The largest absolute Gasteiger partial charge is 0.497 e. The molecule has 0 aliphatic rings. The zero-order valence-electron chi connectivity index (χ0n) is 16.6. The van der Waals surface area contributed by atoms with E-state index in [1.165, 1.54) is 6.33 Å². The first-order valence-electron chi connectivity index (χ1n) is 9.31. The fraction of sp³-hybridized carbons (Fsp3) is 0.227. The van der Waals surface area contributed by atoms with Crippen LogP contribution in [0.2, 0.25) is 0 Å². The maximum atomic E-state index is 12.9. The number of carbonyl (C=O) groups excluding carboxylic acids is 1. The van der Waals surface area contributed by atoms with Crippen LogP contribution in [0.3, 0.4) is 0 Å². The lowest BCUT2D eigenvalue weighted by Gasteiger charge is -2.25. The number of hydrogen-bond acceptors (Lipinski definition) is 5. The average Bonchev–Trinajstić information content (AvgIpc) is 3.43. The lowest BCUT2D eigenvalue weighted by Crippen LogP contribution is -2.30. The van der Waals surface area contributed by atoms with Crippen LogP contribution in [-0.4, -0.2) is 39.7 Å². The van der Waals surface area contributed by atoms with Crippen molar-refractivity contribution in [2.75, 3.05) is 14.2 Å². The van der Waals surface area contributed by atoms with Crippen LogP contribution < -0.4 is 4.74 Å². The number of benzene rings is 2. The zero-order valence-corrected chi connectivity index (χ0v) is 16.6. The van der Waals surface area contributed by atoms with Gasteiger partial charge in [-0.3, -0.25) is 4.79 Å². The number of nitrogens with zero attached hydrogens (tertiary/aromatic N) is 4. The van der Waals surface area contributed by atoms with Gasteiger partial charge in [-0.25, -0.2) is 9.67 Å². The van der Waals surface area contributed by atoms with E-state index in [-0.39, 0.29) is 18.4 Å². The van der Waals surface area contributed by atoms with Crippen LogP contribution >= 0.6 is 0 Å². The summed E-state index contributed by atoms with van der Waals surface area (Å²) in [5.41, 5.74) is 3.55.